The first-order valence-electron chi connectivity index (χ1n) is 5.62. The minimum atomic E-state index is 0.265. The van der Waals surface area contributed by atoms with Gasteiger partial charge in [-0.3, -0.25) is 0 Å². The first-order chi connectivity index (χ1) is 9.31. The van der Waals surface area contributed by atoms with Gasteiger partial charge in [0, 0.05) is 16.1 Å². The van der Waals surface area contributed by atoms with Gasteiger partial charge in [0.2, 0.25) is 0 Å². The van der Waals surface area contributed by atoms with E-state index in [1.54, 1.807) is 24.3 Å². The van der Waals surface area contributed by atoms with E-state index < -0.39 is 0 Å². The fourth-order valence-electron chi connectivity index (χ4n) is 1.48. The molecule has 0 aliphatic rings. The second-order valence-electron chi connectivity index (χ2n) is 3.73. The van der Waals surface area contributed by atoms with Crippen molar-refractivity contribution in [2.75, 3.05) is 0 Å². The second kappa shape index (κ2) is 6.58. The van der Waals surface area contributed by atoms with Crippen LogP contribution in [-0.2, 0) is 11.4 Å². The van der Waals surface area contributed by atoms with Crippen molar-refractivity contribution in [2.45, 2.75) is 6.61 Å². The van der Waals surface area contributed by atoms with E-state index in [2.05, 4.69) is 17.4 Å². The van der Waals surface area contributed by atoms with Gasteiger partial charge in [-0.05, 0) is 12.1 Å². The Balaban J connectivity index is 1.98. The molecule has 1 radical (unpaired) electrons. The van der Waals surface area contributed by atoms with Gasteiger partial charge in [0.05, 0.1) is 11.6 Å². The zero-order valence-electron chi connectivity index (χ0n) is 10.0. The normalized spacial score (nSPS) is 10.3. The minimum absolute atomic E-state index is 0.265. The molecule has 0 bridgehead atoms. The van der Waals surface area contributed by atoms with E-state index in [-0.39, 0.29) is 6.61 Å². The largest absolute Gasteiger partial charge is 0.390 e. The molecule has 19 heavy (non-hydrogen) atoms. The predicted molar refractivity (Wildman–Crippen MR) is 73.9 cm³/mol. The zero-order chi connectivity index (χ0) is 13.5. The average Bonchev–Trinajstić information content (AvgIpc) is 2.45. The van der Waals surface area contributed by atoms with Crippen molar-refractivity contribution in [3.63, 3.8) is 0 Å². The van der Waals surface area contributed by atoms with E-state index in [4.69, 9.17) is 21.7 Å². The Morgan fingerprint density at radius 1 is 1.05 bits per heavy atom. The highest BCUT2D eigenvalue weighted by atomic mass is 35.5. The molecule has 0 fully saturated rings. The third-order valence-corrected chi connectivity index (χ3v) is 2.82. The van der Waals surface area contributed by atoms with Crippen molar-refractivity contribution in [2.24, 2.45) is 5.16 Å². The molecule has 0 saturated carbocycles. The lowest BCUT2D eigenvalue weighted by Gasteiger charge is -2.01. The summed E-state index contributed by atoms with van der Waals surface area (Å²) in [5.41, 5.74) is 1.96. The molecule has 0 N–H and O–H groups in total. The molecule has 2 aromatic carbocycles. The molecule has 2 aromatic rings. The summed E-state index contributed by atoms with van der Waals surface area (Å²) in [4.78, 5) is 5.12. The number of halogens is 1. The highest BCUT2D eigenvalue weighted by Crippen LogP contribution is 2.15. The molecule has 0 aromatic heterocycles. The van der Waals surface area contributed by atoms with Crippen molar-refractivity contribution in [1.29, 1.82) is 5.26 Å². The molecule has 0 spiro atoms. The van der Waals surface area contributed by atoms with Gasteiger partial charge in [0.25, 0.3) is 0 Å². The van der Waals surface area contributed by atoms with E-state index in [9.17, 15) is 0 Å². The van der Waals surface area contributed by atoms with Crippen LogP contribution in [0.25, 0.3) is 0 Å². The van der Waals surface area contributed by atoms with Gasteiger partial charge in [0.1, 0.15) is 12.8 Å². The second-order valence-corrected chi connectivity index (χ2v) is 4.13. The molecule has 0 atom stereocenters. The van der Waals surface area contributed by atoms with Gasteiger partial charge in [0.15, 0.2) is 0 Å². The third-order valence-electron chi connectivity index (χ3n) is 2.46. The van der Waals surface area contributed by atoms with Crippen molar-refractivity contribution < 1.29 is 4.84 Å². The maximum absolute atomic E-state index is 8.90. The number of hydrogen-bond acceptors (Lipinski definition) is 3. The monoisotopic (exact) mass is 269 g/mol. The number of nitriles is 1. The van der Waals surface area contributed by atoms with Crippen LogP contribution in [0.5, 0.6) is 0 Å². The molecule has 0 aliphatic heterocycles. The third kappa shape index (κ3) is 3.57. The van der Waals surface area contributed by atoms with E-state index in [0.29, 0.717) is 16.1 Å². The lowest BCUT2D eigenvalue weighted by molar-refractivity contribution is 0.132. The molecule has 0 heterocycles. The summed E-state index contributed by atoms with van der Waals surface area (Å²) in [6.45, 7) is 0.265. The zero-order valence-corrected chi connectivity index (χ0v) is 10.8. The van der Waals surface area contributed by atoms with Crippen LogP contribution >= 0.6 is 11.6 Å². The van der Waals surface area contributed by atoms with Crippen LogP contribution in [0.4, 0.5) is 0 Å². The molecule has 2 rings (SSSR count). The lowest BCUT2D eigenvalue weighted by atomic mass is 10.1. The first-order valence-corrected chi connectivity index (χ1v) is 5.99. The fourth-order valence-corrected chi connectivity index (χ4v) is 1.67. The number of nitrogens with zero attached hydrogens (tertiary/aromatic N) is 2. The highest BCUT2D eigenvalue weighted by Gasteiger charge is 1.99. The Kier molecular flexibility index (Phi) is 4.54. The van der Waals surface area contributed by atoms with E-state index in [1.807, 2.05) is 24.3 Å². The summed E-state index contributed by atoms with van der Waals surface area (Å²) < 4.78 is 0. The molecule has 0 aliphatic carbocycles. The van der Waals surface area contributed by atoms with Gasteiger partial charge in [-0.2, -0.15) is 5.26 Å². The predicted octanol–water partition coefficient (Wildman–Crippen LogP) is 3.64. The lowest BCUT2D eigenvalue weighted by Crippen LogP contribution is -1.91. The summed E-state index contributed by atoms with van der Waals surface area (Å²) in [5, 5.41) is 13.3. The van der Waals surface area contributed by atoms with Gasteiger partial charge in [-0.15, -0.1) is 0 Å². The quantitative estimate of drug-likeness (QED) is 0.628. The fraction of sp³-hybridized carbons (Fsp3) is 0.0667. The summed E-state index contributed by atoms with van der Waals surface area (Å²) >= 11 is 5.98. The van der Waals surface area contributed by atoms with E-state index in [1.165, 1.54) is 0 Å². The Morgan fingerprint density at radius 3 is 2.47 bits per heavy atom. The Labute approximate surface area is 116 Å². The van der Waals surface area contributed by atoms with Crippen LogP contribution < -0.4 is 0 Å². The van der Waals surface area contributed by atoms with Crippen molar-refractivity contribution in [1.82, 2.24) is 0 Å². The summed E-state index contributed by atoms with van der Waals surface area (Å²) in [7, 11) is 0. The van der Waals surface area contributed by atoms with Crippen LogP contribution in [0, 0.1) is 11.3 Å². The van der Waals surface area contributed by atoms with Crippen LogP contribution in [0.2, 0.25) is 5.02 Å². The van der Waals surface area contributed by atoms with Crippen molar-refractivity contribution >= 4 is 17.8 Å². The van der Waals surface area contributed by atoms with Crippen LogP contribution in [0.3, 0.4) is 0 Å². The summed E-state index contributed by atoms with van der Waals surface area (Å²) in [6.07, 6.45) is 2.69. The molecule has 0 saturated heterocycles. The first kappa shape index (κ1) is 13.1. The maximum Gasteiger partial charge on any atom is 0.143 e. The maximum atomic E-state index is 8.90. The van der Waals surface area contributed by atoms with E-state index in [0.717, 1.165) is 5.56 Å². The number of benzene rings is 2. The van der Waals surface area contributed by atoms with Gasteiger partial charge in [-0.25, -0.2) is 0 Å². The average molecular weight is 270 g/mol. The Bertz CT molecular complexity index is 632. The molecule has 93 valence electrons. The van der Waals surface area contributed by atoms with Crippen molar-refractivity contribution in [3.8, 4) is 6.07 Å². The highest BCUT2D eigenvalue weighted by molar-refractivity contribution is 6.31. The molecule has 3 nitrogen and oxygen atoms in total. The smallest absolute Gasteiger partial charge is 0.143 e. The SMILES string of the molecule is N#Cc1ccccc1/[C]=N\OCc1ccccc1Cl. The van der Waals surface area contributed by atoms with Gasteiger partial charge in [-0.1, -0.05) is 53.2 Å². The molecule has 4 heteroatoms. The molecular formula is C15H10ClN2O. The van der Waals surface area contributed by atoms with Crippen LogP contribution in [0.15, 0.2) is 53.7 Å². The van der Waals surface area contributed by atoms with Crippen LogP contribution in [-0.4, -0.2) is 6.21 Å². The van der Waals surface area contributed by atoms with E-state index >= 15 is 0 Å². The Hall–Kier alpha value is -2.31. The van der Waals surface area contributed by atoms with Crippen molar-refractivity contribution in [3.05, 3.63) is 70.2 Å². The topological polar surface area (TPSA) is 45.4 Å². The Morgan fingerprint density at radius 2 is 1.74 bits per heavy atom. The molecule has 0 amide bonds. The number of hydrogen-bond donors (Lipinski definition) is 0. The summed E-state index contributed by atoms with van der Waals surface area (Å²) in [5.74, 6) is 0. The number of rotatable bonds is 4. The standard InChI is InChI=1S/C15H10ClN2O/c16-15-8-4-3-7-14(15)11-19-18-10-13-6-2-1-5-12(13)9-17/h1-8H,11H2. The van der Waals surface area contributed by atoms with Gasteiger partial charge < -0.3 is 4.84 Å². The van der Waals surface area contributed by atoms with Crippen LogP contribution in [0.1, 0.15) is 16.7 Å². The molecule has 0 unspecified atom stereocenters. The minimum Gasteiger partial charge on any atom is -0.390 e. The molecular weight excluding hydrogens is 260 g/mol. The summed E-state index contributed by atoms with van der Waals surface area (Å²) in [6, 6.07) is 16.5. The van der Waals surface area contributed by atoms with Gasteiger partial charge >= 0.3 is 0 Å².